The van der Waals surface area contributed by atoms with Gasteiger partial charge in [-0.15, -0.1) is 4.20 Å². The van der Waals surface area contributed by atoms with Gasteiger partial charge in [0.05, 0.1) is 7.11 Å². The average molecular weight is 418 g/mol. The number of carbonyl (C=O) groups is 1. The first kappa shape index (κ1) is 28.7. The van der Waals surface area contributed by atoms with Gasteiger partial charge in [0.1, 0.15) is 0 Å². The van der Waals surface area contributed by atoms with Gasteiger partial charge in [0, 0.05) is 6.42 Å². The Labute approximate surface area is 169 Å². The Hall–Kier alpha value is -1.49. The van der Waals surface area contributed by atoms with E-state index < -0.39 is 7.91 Å². The Kier molecular flexibility index (Phi) is 22.4. The summed E-state index contributed by atoms with van der Waals surface area (Å²) in [5.74, 6) is -0.124. The molecule has 5 nitrogen and oxygen atoms in total. The maximum atomic E-state index is 10.9. The van der Waals surface area contributed by atoms with E-state index in [1.165, 1.54) is 32.8 Å². The lowest BCUT2D eigenvalue weighted by Crippen LogP contribution is -1.98. The first-order valence-corrected chi connectivity index (χ1v) is 11.2. The van der Waals surface area contributed by atoms with Crippen LogP contribution in [-0.2, 0) is 14.1 Å². The smallest absolute Gasteiger partial charge is 0.469 e. The molecule has 0 aromatic rings. The van der Waals surface area contributed by atoms with E-state index in [1.54, 1.807) is 0 Å². The number of halogens is 1. The molecule has 0 bridgehead atoms. The number of hydrogen-bond donors (Lipinski definition) is 2. The lowest BCUT2D eigenvalue weighted by atomic mass is 10.2. The number of hydrogen-bond acceptors (Lipinski definition) is 3. The van der Waals surface area contributed by atoms with Gasteiger partial charge in [-0.25, -0.2) is 4.57 Å². The normalized spacial score (nSPS) is 12.2. The number of methoxy groups -OCH3 is 1. The SMILES string of the molecule is CCCCC/C=C\C/C=C\C/C=C\C/C=C\CCCC(=O)OC.O=P(O)(O)F. The summed E-state index contributed by atoms with van der Waals surface area (Å²) in [5, 5.41) is 0. The van der Waals surface area contributed by atoms with Crippen molar-refractivity contribution in [1.82, 2.24) is 0 Å². The van der Waals surface area contributed by atoms with Crippen molar-refractivity contribution >= 4 is 13.9 Å². The summed E-state index contributed by atoms with van der Waals surface area (Å²) >= 11 is 0. The van der Waals surface area contributed by atoms with Crippen LogP contribution in [0.2, 0.25) is 0 Å². The quantitative estimate of drug-likeness (QED) is 0.149. The molecule has 0 saturated heterocycles. The van der Waals surface area contributed by atoms with Gasteiger partial charge in [-0.3, -0.25) is 14.6 Å². The molecular weight excluding hydrogens is 382 g/mol. The van der Waals surface area contributed by atoms with E-state index in [0.717, 1.165) is 32.1 Å². The largest absolute Gasteiger partial charge is 0.507 e. The van der Waals surface area contributed by atoms with E-state index in [9.17, 15) is 8.99 Å². The van der Waals surface area contributed by atoms with Gasteiger partial charge in [0.15, 0.2) is 0 Å². The average Bonchev–Trinajstić information content (AvgIpc) is 2.62. The van der Waals surface area contributed by atoms with Crippen molar-refractivity contribution in [3.63, 3.8) is 0 Å². The van der Waals surface area contributed by atoms with Crippen LogP contribution in [0.25, 0.3) is 0 Å². The molecule has 0 aliphatic heterocycles. The third kappa shape index (κ3) is 35.6. The van der Waals surface area contributed by atoms with E-state index in [2.05, 4.69) is 60.3 Å². The van der Waals surface area contributed by atoms with Crippen LogP contribution < -0.4 is 0 Å². The van der Waals surface area contributed by atoms with Crippen LogP contribution in [0.5, 0.6) is 0 Å². The number of unbranched alkanes of at least 4 members (excludes halogenated alkanes) is 4. The first-order valence-electron chi connectivity index (χ1n) is 9.73. The summed E-state index contributed by atoms with van der Waals surface area (Å²) in [7, 11) is -3.71. The minimum Gasteiger partial charge on any atom is -0.469 e. The van der Waals surface area contributed by atoms with Crippen molar-refractivity contribution in [3.8, 4) is 0 Å². The molecule has 0 heterocycles. The zero-order valence-corrected chi connectivity index (χ0v) is 18.0. The Balaban J connectivity index is 0. The van der Waals surface area contributed by atoms with E-state index >= 15 is 0 Å². The van der Waals surface area contributed by atoms with Crippen LogP contribution in [-0.4, -0.2) is 22.9 Å². The first-order chi connectivity index (χ1) is 13.3. The second-order valence-corrected chi connectivity index (χ2v) is 6.98. The predicted molar refractivity (Wildman–Crippen MR) is 114 cm³/mol. The molecule has 0 radical (unpaired) electrons. The number of rotatable bonds is 14. The molecule has 0 amide bonds. The van der Waals surface area contributed by atoms with Crippen molar-refractivity contribution < 1.29 is 28.1 Å². The lowest BCUT2D eigenvalue weighted by molar-refractivity contribution is -0.140. The van der Waals surface area contributed by atoms with Crippen LogP contribution in [0.3, 0.4) is 0 Å². The van der Waals surface area contributed by atoms with Gasteiger partial charge in [-0.2, -0.15) is 0 Å². The van der Waals surface area contributed by atoms with Crippen LogP contribution in [0.1, 0.15) is 71.1 Å². The van der Waals surface area contributed by atoms with Crippen LogP contribution >= 0.6 is 7.91 Å². The van der Waals surface area contributed by atoms with E-state index in [-0.39, 0.29) is 5.97 Å². The summed E-state index contributed by atoms with van der Waals surface area (Å²) in [5.41, 5.74) is 0. The van der Waals surface area contributed by atoms with Crippen molar-refractivity contribution in [3.05, 3.63) is 48.6 Å². The fraction of sp³-hybridized carbons (Fsp3) is 0.571. The van der Waals surface area contributed by atoms with E-state index in [4.69, 9.17) is 14.4 Å². The van der Waals surface area contributed by atoms with Crippen LogP contribution in [0.15, 0.2) is 48.6 Å². The standard InChI is InChI=1S/C21H34O2.FH2O3P/c1-3-4-5-6-7-8-9-10-11-12-13-14-15-16-17-18-19-20-21(22)23-2;1-5(2,3)4/h7-8,10-11,13-14,16-17H,3-6,9,12,15,18-20H2,1-2H3;(H2,2,3,4)/b8-7-,11-10-,14-13-,17-16-;. The molecule has 0 aromatic heterocycles. The van der Waals surface area contributed by atoms with E-state index in [0.29, 0.717) is 6.42 Å². The van der Waals surface area contributed by atoms with Crippen molar-refractivity contribution in [2.75, 3.05) is 7.11 Å². The lowest BCUT2D eigenvalue weighted by Gasteiger charge is -1.95. The summed E-state index contributed by atoms with van der Waals surface area (Å²) in [6.45, 7) is 2.24. The summed E-state index contributed by atoms with van der Waals surface area (Å²) < 4.78 is 23.6. The fourth-order valence-electron chi connectivity index (χ4n) is 2.03. The van der Waals surface area contributed by atoms with Gasteiger partial charge in [-0.1, -0.05) is 68.4 Å². The molecule has 0 spiro atoms. The number of allylic oxidation sites excluding steroid dienone is 8. The highest BCUT2D eigenvalue weighted by atomic mass is 31.2. The molecule has 0 aliphatic rings. The maximum absolute atomic E-state index is 10.9. The molecule has 2 N–H and O–H groups in total. The molecule has 0 aromatic carbocycles. The summed E-state index contributed by atoms with van der Waals surface area (Å²) in [6.07, 6.45) is 28.1. The molecule has 0 aliphatic carbocycles. The molecule has 0 saturated carbocycles. The molecule has 0 atom stereocenters. The van der Waals surface area contributed by atoms with Crippen molar-refractivity contribution in [2.24, 2.45) is 0 Å². The van der Waals surface area contributed by atoms with Crippen molar-refractivity contribution in [2.45, 2.75) is 71.1 Å². The number of ether oxygens (including phenoxy) is 1. The van der Waals surface area contributed by atoms with Crippen molar-refractivity contribution in [1.29, 1.82) is 0 Å². The van der Waals surface area contributed by atoms with Crippen LogP contribution in [0.4, 0.5) is 4.20 Å². The Morgan fingerprint density at radius 1 is 0.857 bits per heavy atom. The Morgan fingerprint density at radius 2 is 1.25 bits per heavy atom. The summed E-state index contributed by atoms with van der Waals surface area (Å²) in [6, 6.07) is 0. The highest BCUT2D eigenvalue weighted by molar-refractivity contribution is 7.45. The highest BCUT2D eigenvalue weighted by Crippen LogP contribution is 2.35. The van der Waals surface area contributed by atoms with Gasteiger partial charge < -0.3 is 4.74 Å². The predicted octanol–water partition coefficient (Wildman–Crippen LogP) is 6.35. The summed E-state index contributed by atoms with van der Waals surface area (Å²) in [4.78, 5) is 24.8. The molecule has 0 rings (SSSR count). The molecule has 162 valence electrons. The number of esters is 1. The molecule has 28 heavy (non-hydrogen) atoms. The minimum absolute atomic E-state index is 0.124. The van der Waals surface area contributed by atoms with Gasteiger partial charge >= 0.3 is 13.9 Å². The van der Waals surface area contributed by atoms with Crippen LogP contribution in [0, 0.1) is 0 Å². The molecule has 7 heteroatoms. The third-order valence-corrected chi connectivity index (χ3v) is 3.44. The van der Waals surface area contributed by atoms with E-state index in [1.807, 2.05) is 0 Å². The van der Waals surface area contributed by atoms with Gasteiger partial charge in [0.2, 0.25) is 0 Å². The zero-order valence-electron chi connectivity index (χ0n) is 17.1. The Morgan fingerprint density at radius 3 is 1.64 bits per heavy atom. The Bertz CT molecular complexity index is 513. The fourth-order valence-corrected chi connectivity index (χ4v) is 2.03. The topological polar surface area (TPSA) is 83.8 Å². The highest BCUT2D eigenvalue weighted by Gasteiger charge is 2.04. The number of carbonyl (C=O) groups excluding carboxylic acids is 1. The van der Waals surface area contributed by atoms with Gasteiger partial charge in [0.25, 0.3) is 0 Å². The van der Waals surface area contributed by atoms with Gasteiger partial charge in [-0.05, 0) is 44.9 Å². The minimum atomic E-state index is -5.14. The molecular formula is C21H36FO5P. The second kappa shape index (κ2) is 21.8. The third-order valence-electron chi connectivity index (χ3n) is 3.44. The molecule has 0 unspecified atom stereocenters. The molecule has 0 fully saturated rings. The monoisotopic (exact) mass is 418 g/mol. The maximum Gasteiger partial charge on any atom is 0.507 e. The second-order valence-electron chi connectivity index (χ2n) is 6.03. The zero-order chi connectivity index (χ0) is 21.5.